The Morgan fingerprint density at radius 2 is 1.48 bits per heavy atom. The predicted molar refractivity (Wildman–Crippen MR) is 97.1 cm³/mol. The fourth-order valence-corrected chi connectivity index (χ4v) is 2.99. The van der Waals surface area contributed by atoms with Crippen LogP contribution in [0.3, 0.4) is 0 Å². The van der Waals surface area contributed by atoms with Crippen LogP contribution in [0.4, 0.5) is 11.4 Å². The number of hydrazine groups is 1. The lowest BCUT2D eigenvalue weighted by Crippen LogP contribution is -2.53. The highest BCUT2D eigenvalue weighted by Gasteiger charge is 2.34. The molecule has 0 atom stereocenters. The minimum Gasteiger partial charge on any atom is -0.398 e. The number of rotatable bonds is 7. The van der Waals surface area contributed by atoms with E-state index in [1.54, 1.807) is 5.01 Å². The van der Waals surface area contributed by atoms with Crippen molar-refractivity contribution in [3.63, 3.8) is 0 Å². The average molecular weight is 323 g/mol. The molecule has 1 aromatic rings. The summed E-state index contributed by atoms with van der Waals surface area (Å²) in [4.78, 5) is 0. The molecule has 0 spiro atoms. The van der Waals surface area contributed by atoms with E-state index in [1.807, 2.05) is 73.6 Å². The Morgan fingerprint density at radius 3 is 1.96 bits per heavy atom. The van der Waals surface area contributed by atoms with Crippen LogP contribution in [0.15, 0.2) is 18.2 Å². The lowest BCUT2D eigenvalue weighted by Gasteiger charge is -2.41. The molecule has 132 valence electrons. The Morgan fingerprint density at radius 1 is 0.957 bits per heavy atom. The summed E-state index contributed by atoms with van der Waals surface area (Å²) in [6, 6.07) is 5.71. The molecule has 5 nitrogen and oxygen atoms in total. The lowest BCUT2D eigenvalue weighted by molar-refractivity contribution is -0.0642. The Hall–Kier alpha value is -1.30. The van der Waals surface area contributed by atoms with Crippen molar-refractivity contribution >= 4 is 11.4 Å². The minimum atomic E-state index is -0.676. The molecule has 0 aliphatic carbocycles. The SMILES string of the molecule is CC(C)OC(C)(C)c1c(N)cccc1N(N)C(C)(C)OC(C)C. The fourth-order valence-electron chi connectivity index (χ4n) is 2.99. The first-order valence-electron chi connectivity index (χ1n) is 8.18. The zero-order valence-electron chi connectivity index (χ0n) is 15.8. The van der Waals surface area contributed by atoms with Gasteiger partial charge in [0.15, 0.2) is 0 Å². The van der Waals surface area contributed by atoms with E-state index in [-0.39, 0.29) is 12.2 Å². The summed E-state index contributed by atoms with van der Waals surface area (Å²) in [6.45, 7) is 15.9. The van der Waals surface area contributed by atoms with Crippen LogP contribution in [0.2, 0.25) is 0 Å². The fraction of sp³-hybridized carbons (Fsp3) is 0.667. The Labute approximate surface area is 140 Å². The molecule has 1 aromatic carbocycles. The van der Waals surface area contributed by atoms with E-state index < -0.39 is 11.3 Å². The molecule has 0 aliphatic heterocycles. The normalized spacial score (nSPS) is 13.0. The predicted octanol–water partition coefficient (Wildman–Crippen LogP) is 3.77. The van der Waals surface area contributed by atoms with E-state index in [1.165, 1.54) is 0 Å². The summed E-state index contributed by atoms with van der Waals surface area (Å²) >= 11 is 0. The van der Waals surface area contributed by atoms with Crippen LogP contribution in [-0.2, 0) is 15.1 Å². The van der Waals surface area contributed by atoms with E-state index in [4.69, 9.17) is 21.1 Å². The van der Waals surface area contributed by atoms with Gasteiger partial charge in [0, 0.05) is 11.3 Å². The van der Waals surface area contributed by atoms with Gasteiger partial charge < -0.3 is 15.2 Å². The van der Waals surface area contributed by atoms with Crippen LogP contribution in [0.25, 0.3) is 0 Å². The molecular weight excluding hydrogens is 290 g/mol. The van der Waals surface area contributed by atoms with Gasteiger partial charge in [0.1, 0.15) is 5.72 Å². The van der Waals surface area contributed by atoms with Crippen LogP contribution in [0, 0.1) is 0 Å². The number of hydrogen-bond donors (Lipinski definition) is 2. The van der Waals surface area contributed by atoms with Gasteiger partial charge in [-0.3, -0.25) is 5.01 Å². The summed E-state index contributed by atoms with van der Waals surface area (Å²) in [5.74, 6) is 6.42. The van der Waals surface area contributed by atoms with Gasteiger partial charge in [0.05, 0.1) is 23.5 Å². The Kier molecular flexibility index (Phi) is 6.07. The van der Waals surface area contributed by atoms with Crippen LogP contribution >= 0.6 is 0 Å². The first-order chi connectivity index (χ1) is 10.4. The zero-order chi connectivity index (χ0) is 18.0. The molecule has 0 amide bonds. The van der Waals surface area contributed by atoms with Crippen molar-refractivity contribution in [3.8, 4) is 0 Å². The van der Waals surface area contributed by atoms with Crippen molar-refractivity contribution in [1.29, 1.82) is 0 Å². The molecule has 5 heteroatoms. The van der Waals surface area contributed by atoms with Crippen LogP contribution in [0.5, 0.6) is 0 Å². The van der Waals surface area contributed by atoms with Gasteiger partial charge in [-0.25, -0.2) is 5.84 Å². The van der Waals surface area contributed by atoms with Gasteiger partial charge in [-0.15, -0.1) is 0 Å². The maximum Gasteiger partial charge on any atom is 0.149 e. The summed E-state index contributed by atoms with van der Waals surface area (Å²) in [6.07, 6.45) is 0.129. The van der Waals surface area contributed by atoms with Gasteiger partial charge in [0.25, 0.3) is 0 Å². The zero-order valence-corrected chi connectivity index (χ0v) is 15.8. The van der Waals surface area contributed by atoms with Gasteiger partial charge in [-0.05, 0) is 67.5 Å². The first kappa shape index (κ1) is 19.7. The molecular formula is C18H33N3O2. The van der Waals surface area contributed by atoms with Gasteiger partial charge in [0.2, 0.25) is 0 Å². The largest absolute Gasteiger partial charge is 0.398 e. The second-order valence-electron chi connectivity index (χ2n) is 7.40. The molecule has 0 heterocycles. The molecule has 0 saturated carbocycles. The molecule has 0 radical (unpaired) electrons. The van der Waals surface area contributed by atoms with Gasteiger partial charge in [-0.2, -0.15) is 0 Å². The minimum absolute atomic E-state index is 0.0560. The van der Waals surface area contributed by atoms with Crippen molar-refractivity contribution in [2.75, 3.05) is 10.7 Å². The van der Waals surface area contributed by atoms with E-state index in [9.17, 15) is 0 Å². The van der Waals surface area contributed by atoms with E-state index in [0.29, 0.717) is 5.69 Å². The molecule has 1 rings (SSSR count). The van der Waals surface area contributed by atoms with Crippen molar-refractivity contribution in [2.24, 2.45) is 5.84 Å². The molecule has 0 aromatic heterocycles. The molecule has 0 aliphatic rings. The van der Waals surface area contributed by atoms with E-state index in [2.05, 4.69) is 0 Å². The molecule has 0 unspecified atom stereocenters. The number of ether oxygens (including phenoxy) is 2. The second kappa shape index (κ2) is 7.07. The van der Waals surface area contributed by atoms with Gasteiger partial charge in [-0.1, -0.05) is 6.07 Å². The Balaban J connectivity index is 3.35. The van der Waals surface area contributed by atoms with Crippen molar-refractivity contribution in [2.45, 2.75) is 78.9 Å². The van der Waals surface area contributed by atoms with Crippen LogP contribution in [-0.4, -0.2) is 17.9 Å². The summed E-state index contributed by atoms with van der Waals surface area (Å²) in [7, 11) is 0. The number of nitrogen functional groups attached to an aromatic ring is 1. The third-order valence-electron chi connectivity index (χ3n) is 3.57. The van der Waals surface area contributed by atoms with Crippen LogP contribution in [0.1, 0.15) is 61.0 Å². The van der Waals surface area contributed by atoms with Crippen molar-refractivity contribution in [1.82, 2.24) is 0 Å². The standard InChI is InChI=1S/C18H33N3O2/c1-12(2)22-17(5,6)16-14(19)10-9-11-15(16)21(20)18(7,8)23-13(3)4/h9-13H,19-20H2,1-8H3. The maximum atomic E-state index is 6.42. The summed E-state index contributed by atoms with van der Waals surface area (Å²) in [5, 5.41) is 1.63. The highest BCUT2D eigenvalue weighted by atomic mass is 16.5. The Bertz CT molecular complexity index is 525. The molecule has 0 fully saturated rings. The summed E-state index contributed by atoms with van der Waals surface area (Å²) in [5.41, 5.74) is 7.35. The summed E-state index contributed by atoms with van der Waals surface area (Å²) < 4.78 is 12.0. The average Bonchev–Trinajstić information content (AvgIpc) is 2.33. The van der Waals surface area contributed by atoms with Crippen molar-refractivity contribution < 1.29 is 9.47 Å². The molecule has 0 bridgehead atoms. The number of anilines is 2. The highest BCUT2D eigenvalue weighted by molar-refractivity contribution is 5.67. The number of nitrogens with two attached hydrogens (primary N) is 2. The quantitative estimate of drug-likeness (QED) is 0.346. The molecule has 4 N–H and O–H groups in total. The third-order valence-corrected chi connectivity index (χ3v) is 3.57. The number of nitrogens with zero attached hydrogens (tertiary/aromatic N) is 1. The van der Waals surface area contributed by atoms with Crippen LogP contribution < -0.4 is 16.6 Å². The lowest BCUT2D eigenvalue weighted by atomic mass is 9.93. The smallest absolute Gasteiger partial charge is 0.149 e. The topological polar surface area (TPSA) is 73.7 Å². The number of benzene rings is 1. The molecule has 23 heavy (non-hydrogen) atoms. The second-order valence-corrected chi connectivity index (χ2v) is 7.40. The number of hydrogen-bond acceptors (Lipinski definition) is 5. The van der Waals surface area contributed by atoms with Gasteiger partial charge >= 0.3 is 0 Å². The monoisotopic (exact) mass is 323 g/mol. The first-order valence-corrected chi connectivity index (χ1v) is 8.18. The third kappa shape index (κ3) is 4.83. The highest BCUT2D eigenvalue weighted by Crippen LogP contribution is 2.39. The van der Waals surface area contributed by atoms with E-state index >= 15 is 0 Å². The maximum absolute atomic E-state index is 6.42. The van der Waals surface area contributed by atoms with Crippen molar-refractivity contribution in [3.05, 3.63) is 23.8 Å². The molecule has 0 saturated heterocycles. The van der Waals surface area contributed by atoms with E-state index in [0.717, 1.165) is 11.3 Å².